The molecule has 5 nitrogen and oxygen atoms in total. The van der Waals surface area contributed by atoms with Crippen molar-refractivity contribution in [2.24, 2.45) is 0 Å². The lowest BCUT2D eigenvalue weighted by molar-refractivity contribution is 0.0945. The molecule has 2 aromatic rings. The van der Waals surface area contributed by atoms with Crippen LogP contribution in [0.4, 0.5) is 4.39 Å². The Bertz CT molecular complexity index is 807. The number of carbonyl (C=O) groups excluding carboxylic acids is 1. The van der Waals surface area contributed by atoms with E-state index in [4.69, 9.17) is 11.6 Å². The van der Waals surface area contributed by atoms with E-state index in [0.717, 1.165) is 23.8 Å². The van der Waals surface area contributed by atoms with E-state index in [0.29, 0.717) is 5.56 Å². The summed E-state index contributed by atoms with van der Waals surface area (Å²) >= 11 is 5.54. The first-order valence-electron chi connectivity index (χ1n) is 6.13. The van der Waals surface area contributed by atoms with E-state index in [9.17, 15) is 17.6 Å². The summed E-state index contributed by atoms with van der Waals surface area (Å²) in [6.07, 6.45) is 0. The summed E-state index contributed by atoms with van der Waals surface area (Å²) in [4.78, 5) is 13.5. The predicted molar refractivity (Wildman–Crippen MR) is 80.4 cm³/mol. The van der Waals surface area contributed by atoms with Gasteiger partial charge in [0.05, 0.1) is 9.92 Å². The first kappa shape index (κ1) is 16.4. The van der Waals surface area contributed by atoms with Gasteiger partial charge in [0.2, 0.25) is 0 Å². The topological polar surface area (TPSA) is 75.3 Å². The third kappa shape index (κ3) is 3.82. The van der Waals surface area contributed by atoms with Crippen LogP contribution < -0.4 is 10.3 Å². The Balaban J connectivity index is 2.10. The van der Waals surface area contributed by atoms with Gasteiger partial charge in [-0.05, 0) is 37.3 Å². The average molecular weight is 343 g/mol. The summed E-state index contributed by atoms with van der Waals surface area (Å²) in [5.74, 6) is -1.35. The van der Waals surface area contributed by atoms with Crippen LogP contribution in [-0.2, 0) is 10.0 Å². The Morgan fingerprint density at radius 3 is 2.36 bits per heavy atom. The number of hydrogen-bond donors (Lipinski definition) is 2. The lowest BCUT2D eigenvalue weighted by Gasteiger charge is -2.09. The lowest BCUT2D eigenvalue weighted by Crippen LogP contribution is -2.41. The second-order valence-corrected chi connectivity index (χ2v) is 6.59. The quantitative estimate of drug-likeness (QED) is 0.838. The molecule has 0 atom stereocenters. The molecule has 0 spiro atoms. The standard InChI is InChI=1S/C14H12ClFN2O3S/c1-9-2-4-10(5-3-9)14(19)17-18-22(20,21)11-6-7-13(16)12(15)8-11/h2-8,18H,1H3,(H,17,19). The highest BCUT2D eigenvalue weighted by atomic mass is 35.5. The van der Waals surface area contributed by atoms with Crippen molar-refractivity contribution >= 4 is 27.5 Å². The first-order valence-corrected chi connectivity index (χ1v) is 7.99. The molecule has 0 aromatic heterocycles. The third-order valence-corrected chi connectivity index (χ3v) is 4.35. The monoisotopic (exact) mass is 342 g/mol. The molecule has 0 aliphatic rings. The molecule has 0 aliphatic carbocycles. The molecule has 0 heterocycles. The molecule has 0 saturated carbocycles. The van der Waals surface area contributed by atoms with Crippen LogP contribution in [0.1, 0.15) is 15.9 Å². The molecule has 0 saturated heterocycles. The van der Waals surface area contributed by atoms with Crippen molar-refractivity contribution in [1.82, 2.24) is 10.3 Å². The van der Waals surface area contributed by atoms with Crippen LogP contribution in [0.3, 0.4) is 0 Å². The Kier molecular flexibility index (Phi) is 4.80. The number of nitrogens with one attached hydrogen (secondary N) is 2. The SMILES string of the molecule is Cc1ccc(C(=O)NNS(=O)(=O)c2ccc(F)c(Cl)c2)cc1. The number of hydrogen-bond acceptors (Lipinski definition) is 3. The van der Waals surface area contributed by atoms with Gasteiger partial charge in [-0.1, -0.05) is 29.3 Å². The van der Waals surface area contributed by atoms with Crippen molar-refractivity contribution in [3.63, 3.8) is 0 Å². The Morgan fingerprint density at radius 2 is 1.77 bits per heavy atom. The van der Waals surface area contributed by atoms with Crippen LogP contribution >= 0.6 is 11.6 Å². The van der Waals surface area contributed by atoms with Gasteiger partial charge in [-0.15, -0.1) is 4.83 Å². The zero-order valence-electron chi connectivity index (χ0n) is 11.4. The van der Waals surface area contributed by atoms with Gasteiger partial charge in [-0.3, -0.25) is 10.2 Å². The first-order chi connectivity index (χ1) is 10.3. The van der Waals surface area contributed by atoms with Gasteiger partial charge in [-0.2, -0.15) is 0 Å². The van der Waals surface area contributed by atoms with Crippen LogP contribution in [0, 0.1) is 12.7 Å². The van der Waals surface area contributed by atoms with E-state index < -0.39 is 21.7 Å². The smallest absolute Gasteiger partial charge is 0.266 e. The maximum absolute atomic E-state index is 13.0. The fourth-order valence-electron chi connectivity index (χ4n) is 1.59. The van der Waals surface area contributed by atoms with E-state index in [2.05, 4.69) is 5.43 Å². The molecule has 0 aliphatic heterocycles. The molecular formula is C14H12ClFN2O3S. The number of carbonyl (C=O) groups is 1. The molecule has 2 N–H and O–H groups in total. The Hall–Kier alpha value is -1.96. The van der Waals surface area contributed by atoms with Crippen molar-refractivity contribution in [3.8, 4) is 0 Å². The molecule has 2 rings (SSSR count). The summed E-state index contributed by atoms with van der Waals surface area (Å²) in [5.41, 5.74) is 3.34. The highest BCUT2D eigenvalue weighted by Gasteiger charge is 2.17. The molecule has 0 fully saturated rings. The number of halogens is 2. The van der Waals surface area contributed by atoms with Crippen LogP contribution in [0.2, 0.25) is 5.02 Å². The van der Waals surface area contributed by atoms with Gasteiger partial charge < -0.3 is 0 Å². The van der Waals surface area contributed by atoms with E-state index in [1.807, 2.05) is 11.8 Å². The molecule has 116 valence electrons. The summed E-state index contributed by atoms with van der Waals surface area (Å²) in [5, 5.41) is -0.326. The van der Waals surface area contributed by atoms with Gasteiger partial charge in [0.15, 0.2) is 0 Å². The number of aryl methyl sites for hydroxylation is 1. The van der Waals surface area contributed by atoms with E-state index >= 15 is 0 Å². The van der Waals surface area contributed by atoms with Gasteiger partial charge >= 0.3 is 0 Å². The highest BCUT2D eigenvalue weighted by molar-refractivity contribution is 7.89. The maximum atomic E-state index is 13.0. The molecular weight excluding hydrogens is 331 g/mol. The lowest BCUT2D eigenvalue weighted by atomic mass is 10.1. The normalized spacial score (nSPS) is 11.2. The van der Waals surface area contributed by atoms with Crippen molar-refractivity contribution in [2.45, 2.75) is 11.8 Å². The van der Waals surface area contributed by atoms with E-state index in [1.165, 1.54) is 0 Å². The van der Waals surface area contributed by atoms with Crippen molar-refractivity contribution in [1.29, 1.82) is 0 Å². The van der Waals surface area contributed by atoms with E-state index in [-0.39, 0.29) is 9.92 Å². The number of amides is 1. The molecule has 22 heavy (non-hydrogen) atoms. The molecule has 8 heteroatoms. The van der Waals surface area contributed by atoms with Crippen LogP contribution in [-0.4, -0.2) is 14.3 Å². The summed E-state index contributed by atoms with van der Waals surface area (Å²) < 4.78 is 37.0. The molecule has 1 amide bonds. The maximum Gasteiger partial charge on any atom is 0.266 e. The summed E-state index contributed by atoms with van der Waals surface area (Å²) in [7, 11) is -4.04. The largest absolute Gasteiger partial charge is 0.273 e. The van der Waals surface area contributed by atoms with E-state index in [1.54, 1.807) is 24.3 Å². The third-order valence-electron chi connectivity index (χ3n) is 2.81. The van der Waals surface area contributed by atoms with Crippen molar-refractivity contribution in [3.05, 3.63) is 64.4 Å². The minimum atomic E-state index is -4.04. The highest BCUT2D eigenvalue weighted by Crippen LogP contribution is 2.18. The average Bonchev–Trinajstić information content (AvgIpc) is 2.48. The van der Waals surface area contributed by atoms with Gasteiger partial charge in [0, 0.05) is 5.56 Å². The fraction of sp³-hybridized carbons (Fsp3) is 0.0714. The summed E-state index contributed by atoms with van der Waals surface area (Å²) in [6.45, 7) is 1.86. The minimum Gasteiger partial charge on any atom is -0.273 e. The van der Waals surface area contributed by atoms with Crippen LogP contribution in [0.15, 0.2) is 47.4 Å². The van der Waals surface area contributed by atoms with Gasteiger partial charge in [0.25, 0.3) is 15.9 Å². The predicted octanol–water partition coefficient (Wildman–Crippen LogP) is 2.41. The second-order valence-electron chi connectivity index (χ2n) is 4.50. The van der Waals surface area contributed by atoms with Gasteiger partial charge in [-0.25, -0.2) is 12.8 Å². The van der Waals surface area contributed by atoms with Crippen LogP contribution in [0.5, 0.6) is 0 Å². The Morgan fingerprint density at radius 1 is 1.14 bits per heavy atom. The van der Waals surface area contributed by atoms with Crippen LogP contribution in [0.25, 0.3) is 0 Å². The molecule has 0 unspecified atom stereocenters. The molecule has 0 bridgehead atoms. The second kappa shape index (κ2) is 6.43. The molecule has 0 radical (unpaired) electrons. The number of benzene rings is 2. The fourth-order valence-corrected chi connectivity index (χ4v) is 2.70. The Labute approximate surface area is 132 Å². The van der Waals surface area contributed by atoms with Crippen molar-refractivity contribution in [2.75, 3.05) is 0 Å². The molecule has 2 aromatic carbocycles. The zero-order valence-corrected chi connectivity index (χ0v) is 13.0. The zero-order chi connectivity index (χ0) is 16.3. The summed E-state index contributed by atoms with van der Waals surface area (Å²) in [6, 6.07) is 9.51. The number of rotatable bonds is 4. The van der Waals surface area contributed by atoms with Gasteiger partial charge in [0.1, 0.15) is 5.82 Å². The van der Waals surface area contributed by atoms with Crippen molar-refractivity contribution < 1.29 is 17.6 Å². The minimum absolute atomic E-state index is 0.261. The number of sulfonamides is 1. The number of hydrazine groups is 1.